The predicted molar refractivity (Wildman–Crippen MR) is 264 cm³/mol. The highest BCUT2D eigenvalue weighted by atomic mass is 15.2. The summed E-state index contributed by atoms with van der Waals surface area (Å²) >= 11 is 0. The van der Waals surface area contributed by atoms with Crippen LogP contribution in [-0.2, 0) is 0 Å². The molecule has 0 N–H and O–H groups in total. The molecule has 0 radical (unpaired) electrons. The number of nitrogens with zero attached hydrogens (tertiary/aromatic N) is 3. The Balaban J connectivity index is 0.997. The first-order chi connectivity index (χ1) is 31.2. The van der Waals surface area contributed by atoms with Gasteiger partial charge in [0, 0.05) is 56.1 Å². The summed E-state index contributed by atoms with van der Waals surface area (Å²) in [6.45, 7) is 0. The zero-order valence-corrected chi connectivity index (χ0v) is 34.6. The van der Waals surface area contributed by atoms with E-state index < -0.39 is 0 Å². The maximum atomic E-state index is 2.56. The van der Waals surface area contributed by atoms with Gasteiger partial charge in [-0.25, -0.2) is 0 Å². The molecule has 0 fully saturated rings. The van der Waals surface area contributed by atoms with Crippen LogP contribution >= 0.6 is 0 Å². The topological polar surface area (TPSA) is 13.1 Å². The van der Waals surface area contributed by atoms with Gasteiger partial charge >= 0.3 is 0 Å². The van der Waals surface area contributed by atoms with Gasteiger partial charge < -0.3 is 14.0 Å². The minimum absolute atomic E-state index is 0.154. The third-order valence-electron chi connectivity index (χ3n) is 14.4. The Labute approximate surface area is 366 Å². The van der Waals surface area contributed by atoms with E-state index in [1.54, 1.807) is 0 Å². The lowest BCUT2D eigenvalue weighted by Crippen LogP contribution is -2.29. The van der Waals surface area contributed by atoms with Crippen molar-refractivity contribution < 1.29 is 0 Å². The number of allylic oxidation sites excluding steroid dienone is 6. The molecule has 14 bridgehead atoms. The Hall–Kier alpha value is -7.88. The predicted octanol–water partition coefficient (Wildman–Crippen LogP) is 15.2. The van der Waals surface area contributed by atoms with E-state index in [4.69, 9.17) is 0 Å². The van der Waals surface area contributed by atoms with Crippen LogP contribution in [0.25, 0.3) is 77.3 Å². The highest BCUT2D eigenvalue weighted by Crippen LogP contribution is 2.54. The molecule has 3 unspecified atom stereocenters. The summed E-state index contributed by atoms with van der Waals surface area (Å²) in [5.41, 5.74) is 20.1. The van der Waals surface area contributed by atoms with Crippen LogP contribution < -0.4 is 4.90 Å². The summed E-state index contributed by atoms with van der Waals surface area (Å²) < 4.78 is 4.89. The molecule has 296 valence electrons. The van der Waals surface area contributed by atoms with Gasteiger partial charge in [-0.2, -0.15) is 0 Å². The van der Waals surface area contributed by atoms with Crippen molar-refractivity contribution >= 4 is 66.1 Å². The molecule has 3 heteroatoms. The van der Waals surface area contributed by atoms with Gasteiger partial charge in [0.25, 0.3) is 0 Å². The highest BCUT2D eigenvalue weighted by molar-refractivity contribution is 6.11. The van der Waals surface area contributed by atoms with Crippen molar-refractivity contribution in [1.82, 2.24) is 9.13 Å². The molecule has 2 aromatic heterocycles. The van der Waals surface area contributed by atoms with E-state index in [0.29, 0.717) is 0 Å². The van der Waals surface area contributed by atoms with Crippen molar-refractivity contribution in [2.75, 3.05) is 4.90 Å². The smallest absolute Gasteiger partial charge is 0.0635 e. The number of fused-ring (bicyclic) bond motifs is 4. The first kappa shape index (κ1) is 34.8. The molecule has 8 aromatic carbocycles. The molecule has 6 aliphatic heterocycles. The average molecular weight is 804 g/mol. The lowest BCUT2D eigenvalue weighted by atomic mass is 9.79. The quantitative estimate of drug-likeness (QED) is 0.161. The van der Waals surface area contributed by atoms with Gasteiger partial charge in [-0.05, 0) is 130 Å². The van der Waals surface area contributed by atoms with Gasteiger partial charge in [0.15, 0.2) is 0 Å². The van der Waals surface area contributed by atoms with E-state index in [9.17, 15) is 0 Å². The van der Waals surface area contributed by atoms with Crippen LogP contribution in [0.1, 0.15) is 40.5 Å². The van der Waals surface area contributed by atoms with Gasteiger partial charge in [0.2, 0.25) is 0 Å². The molecular weight excluding hydrogens is 763 g/mol. The molecule has 8 heterocycles. The molecule has 0 amide bonds. The Morgan fingerprint density at radius 2 is 1.05 bits per heavy atom. The zero-order valence-electron chi connectivity index (χ0n) is 34.6. The molecule has 10 aromatic rings. The van der Waals surface area contributed by atoms with Crippen molar-refractivity contribution in [3.8, 4) is 22.5 Å². The van der Waals surface area contributed by atoms with Gasteiger partial charge in [-0.15, -0.1) is 0 Å². The third kappa shape index (κ3) is 5.14. The maximum Gasteiger partial charge on any atom is 0.0635 e. The Bertz CT molecular complexity index is 3650. The molecule has 3 nitrogen and oxygen atoms in total. The first-order valence-corrected chi connectivity index (χ1v) is 22.3. The van der Waals surface area contributed by atoms with Gasteiger partial charge in [-0.3, -0.25) is 0 Å². The molecule has 8 aliphatic rings. The summed E-state index contributed by atoms with van der Waals surface area (Å²) in [5.74, 6) is 0.445. The summed E-state index contributed by atoms with van der Waals surface area (Å²) in [7, 11) is 0. The van der Waals surface area contributed by atoms with Crippen molar-refractivity contribution in [2.24, 2.45) is 0 Å². The van der Waals surface area contributed by atoms with E-state index >= 15 is 0 Å². The van der Waals surface area contributed by atoms with E-state index in [2.05, 4.69) is 232 Å². The number of anilines is 2. The van der Waals surface area contributed by atoms with Gasteiger partial charge in [0.1, 0.15) is 0 Å². The van der Waals surface area contributed by atoms with Crippen molar-refractivity contribution in [2.45, 2.75) is 24.3 Å². The van der Waals surface area contributed by atoms with Crippen LogP contribution in [-0.4, -0.2) is 15.2 Å². The lowest BCUT2D eigenvalue weighted by molar-refractivity contribution is 0.759. The number of para-hydroxylation sites is 3. The van der Waals surface area contributed by atoms with Crippen molar-refractivity contribution in [3.63, 3.8) is 0 Å². The molecule has 18 rings (SSSR count). The van der Waals surface area contributed by atoms with Crippen LogP contribution in [0.3, 0.4) is 0 Å². The number of hydrogen-bond donors (Lipinski definition) is 0. The van der Waals surface area contributed by atoms with E-state index in [-0.39, 0.29) is 17.9 Å². The highest BCUT2D eigenvalue weighted by Gasteiger charge is 2.41. The minimum Gasteiger partial charge on any atom is -0.333 e. The van der Waals surface area contributed by atoms with Crippen LogP contribution in [0.2, 0.25) is 0 Å². The average Bonchev–Trinajstić information content (AvgIpc) is 3.99. The largest absolute Gasteiger partial charge is 0.333 e. The van der Waals surface area contributed by atoms with E-state index in [0.717, 1.165) is 12.1 Å². The fourth-order valence-electron chi connectivity index (χ4n) is 11.5. The number of rotatable bonds is 1. The zero-order chi connectivity index (χ0) is 41.2. The third-order valence-corrected chi connectivity index (χ3v) is 14.4. The monoisotopic (exact) mass is 803 g/mol. The summed E-state index contributed by atoms with van der Waals surface area (Å²) in [4.78, 5) is 2.56. The SMILES string of the molecule is C1=CC2CC(=C1)c1ccc3c(c1)C1C(=CC=CC1N3c1ccccc1)c1ccc3c(c1)c1ccccc1n3-c1ccc(cc1)-c1ccc3c4ccccc4n(c3c1)-c1ccc2cc1. The molecule has 0 saturated heterocycles. The van der Waals surface area contributed by atoms with Crippen molar-refractivity contribution in [1.29, 1.82) is 0 Å². The number of benzene rings is 8. The van der Waals surface area contributed by atoms with Crippen LogP contribution in [0.5, 0.6) is 0 Å². The van der Waals surface area contributed by atoms with E-state index in [1.807, 2.05) is 0 Å². The molecule has 63 heavy (non-hydrogen) atoms. The first-order valence-electron chi connectivity index (χ1n) is 22.3. The Kier molecular flexibility index (Phi) is 7.35. The van der Waals surface area contributed by atoms with Crippen LogP contribution in [0, 0.1) is 0 Å². The van der Waals surface area contributed by atoms with Gasteiger partial charge in [-0.1, -0.05) is 140 Å². The van der Waals surface area contributed by atoms with E-state index in [1.165, 1.54) is 105 Å². The molecular formula is C60H41N3. The fourth-order valence-corrected chi connectivity index (χ4v) is 11.5. The van der Waals surface area contributed by atoms with Crippen LogP contribution in [0.15, 0.2) is 218 Å². The van der Waals surface area contributed by atoms with Gasteiger partial charge in [0.05, 0.1) is 28.1 Å². The second kappa shape index (κ2) is 13.3. The molecule has 0 saturated carbocycles. The van der Waals surface area contributed by atoms with Crippen molar-refractivity contribution in [3.05, 3.63) is 241 Å². The summed E-state index contributed by atoms with van der Waals surface area (Å²) in [5, 5.41) is 5.07. The maximum absolute atomic E-state index is 2.56. The second-order valence-corrected chi connectivity index (χ2v) is 17.6. The standard InChI is InChI=1S/C60H41N3/c1-2-12-45(13-3-1)62-57-32-25-42-35-53(57)60-48(16-9-19-58(60)62)44-26-33-56-52(36-44)50-15-5-7-18-55(50)61(56)46-27-22-39(23-28-46)43-24-31-51-49-14-4-6-17-54(49)63(59(51)37-43)47-29-20-38(21-30-47)40-10-8-11-41(42)34-40/h1-33,35-37,40,58,60H,34H2. The molecule has 0 spiro atoms. The number of aromatic nitrogens is 2. The Morgan fingerprint density at radius 1 is 0.413 bits per heavy atom. The summed E-state index contributed by atoms with van der Waals surface area (Å²) in [6.07, 6.45) is 15.0. The summed E-state index contributed by atoms with van der Waals surface area (Å²) in [6, 6.07) is 68.7. The normalized spacial score (nSPS) is 18.3. The van der Waals surface area contributed by atoms with Crippen LogP contribution in [0.4, 0.5) is 11.4 Å². The Morgan fingerprint density at radius 3 is 1.86 bits per heavy atom. The molecule has 3 atom stereocenters. The fraction of sp³-hybridized carbons (Fsp3) is 0.0667. The second-order valence-electron chi connectivity index (χ2n) is 17.6. The molecule has 2 aliphatic carbocycles. The lowest BCUT2D eigenvalue weighted by Gasteiger charge is -2.31. The number of hydrogen-bond acceptors (Lipinski definition) is 1. The minimum atomic E-state index is 0.154.